The lowest BCUT2D eigenvalue weighted by molar-refractivity contribution is -0.131. The van der Waals surface area contributed by atoms with Crippen LogP contribution in [0.15, 0.2) is 0 Å². The van der Waals surface area contributed by atoms with Gasteiger partial charge in [0.15, 0.2) is 0 Å². The number of hydrogen-bond donors (Lipinski definition) is 2. The molecule has 0 aromatic heterocycles. The summed E-state index contributed by atoms with van der Waals surface area (Å²) >= 11 is 0. The van der Waals surface area contributed by atoms with Crippen molar-refractivity contribution in [2.45, 2.75) is 47.1 Å². The van der Waals surface area contributed by atoms with E-state index in [0.29, 0.717) is 18.9 Å². The first-order valence-corrected chi connectivity index (χ1v) is 7.20. The van der Waals surface area contributed by atoms with Crippen molar-refractivity contribution in [2.75, 3.05) is 26.2 Å². The maximum absolute atomic E-state index is 11.7. The van der Waals surface area contributed by atoms with Gasteiger partial charge in [0, 0.05) is 32.1 Å². The van der Waals surface area contributed by atoms with Gasteiger partial charge in [0.25, 0.3) is 0 Å². The van der Waals surface area contributed by atoms with Crippen LogP contribution in [-0.4, -0.2) is 48.9 Å². The van der Waals surface area contributed by atoms with Gasteiger partial charge in [0.05, 0.1) is 6.54 Å². The van der Waals surface area contributed by atoms with Gasteiger partial charge in [-0.3, -0.25) is 9.59 Å². The summed E-state index contributed by atoms with van der Waals surface area (Å²) in [6.07, 6.45) is 0.439. The van der Waals surface area contributed by atoms with Gasteiger partial charge in [-0.1, -0.05) is 13.8 Å². The lowest BCUT2D eigenvalue weighted by atomic mass is 10.1. The fraction of sp³-hybridized carbons (Fsp3) is 0.857. The third-order valence-corrected chi connectivity index (χ3v) is 3.31. The molecule has 1 atom stereocenters. The predicted molar refractivity (Wildman–Crippen MR) is 77.9 cm³/mol. The minimum absolute atomic E-state index is 0.0171. The molecule has 112 valence electrons. The van der Waals surface area contributed by atoms with Crippen LogP contribution in [0.5, 0.6) is 0 Å². The monoisotopic (exact) mass is 271 g/mol. The van der Waals surface area contributed by atoms with Gasteiger partial charge in [0.2, 0.25) is 11.8 Å². The number of nitrogens with one attached hydrogen (secondary N) is 2. The van der Waals surface area contributed by atoms with Gasteiger partial charge in [-0.2, -0.15) is 0 Å². The van der Waals surface area contributed by atoms with Gasteiger partial charge in [-0.25, -0.2) is 0 Å². The molecule has 0 rings (SSSR count). The molecular weight excluding hydrogens is 242 g/mol. The summed E-state index contributed by atoms with van der Waals surface area (Å²) < 4.78 is 0. The van der Waals surface area contributed by atoms with Crippen LogP contribution in [0.1, 0.15) is 41.0 Å². The quantitative estimate of drug-likeness (QED) is 0.615. The van der Waals surface area contributed by atoms with Crippen LogP contribution in [0.2, 0.25) is 0 Å². The Balaban J connectivity index is 3.74. The highest BCUT2D eigenvalue weighted by atomic mass is 16.2. The number of rotatable bonds is 9. The largest absolute Gasteiger partial charge is 0.352 e. The first-order valence-electron chi connectivity index (χ1n) is 7.20. The Morgan fingerprint density at radius 1 is 1.11 bits per heavy atom. The number of hydrogen-bond acceptors (Lipinski definition) is 3. The van der Waals surface area contributed by atoms with Crippen LogP contribution in [0.25, 0.3) is 0 Å². The number of carbonyl (C=O) groups is 2. The third kappa shape index (κ3) is 7.82. The minimum atomic E-state index is -0.0171. The summed E-state index contributed by atoms with van der Waals surface area (Å²) in [7, 11) is 0. The Labute approximate surface area is 117 Å². The fourth-order valence-corrected chi connectivity index (χ4v) is 1.60. The molecule has 19 heavy (non-hydrogen) atoms. The average Bonchev–Trinajstić information content (AvgIpc) is 2.35. The van der Waals surface area contributed by atoms with Crippen LogP contribution >= 0.6 is 0 Å². The third-order valence-electron chi connectivity index (χ3n) is 3.31. The van der Waals surface area contributed by atoms with Crippen molar-refractivity contribution in [1.82, 2.24) is 15.5 Å². The second-order valence-corrected chi connectivity index (χ2v) is 5.09. The van der Waals surface area contributed by atoms with E-state index in [0.717, 1.165) is 13.1 Å². The molecule has 5 heteroatoms. The SMILES string of the molecule is CCN(CC)C(=O)CCNCC(=O)NC(C)C(C)C. The van der Waals surface area contributed by atoms with Crippen molar-refractivity contribution in [3.05, 3.63) is 0 Å². The van der Waals surface area contributed by atoms with Crippen molar-refractivity contribution >= 4 is 11.8 Å². The average molecular weight is 271 g/mol. The highest BCUT2D eigenvalue weighted by Crippen LogP contribution is 1.98. The van der Waals surface area contributed by atoms with E-state index in [1.807, 2.05) is 20.8 Å². The molecule has 0 aromatic carbocycles. The Morgan fingerprint density at radius 3 is 2.16 bits per heavy atom. The van der Waals surface area contributed by atoms with Crippen molar-refractivity contribution in [3.8, 4) is 0 Å². The zero-order valence-electron chi connectivity index (χ0n) is 13.0. The summed E-state index contributed by atoms with van der Waals surface area (Å²) in [4.78, 5) is 25.1. The van der Waals surface area contributed by atoms with Crippen molar-refractivity contribution in [1.29, 1.82) is 0 Å². The maximum atomic E-state index is 11.7. The van der Waals surface area contributed by atoms with Gasteiger partial charge in [-0.15, -0.1) is 0 Å². The highest BCUT2D eigenvalue weighted by Gasteiger charge is 2.11. The number of amides is 2. The van der Waals surface area contributed by atoms with Crippen LogP contribution in [0.4, 0.5) is 0 Å². The zero-order valence-corrected chi connectivity index (χ0v) is 13.0. The molecule has 0 spiro atoms. The fourth-order valence-electron chi connectivity index (χ4n) is 1.60. The molecule has 0 saturated carbocycles. The molecule has 0 aliphatic heterocycles. The van der Waals surface area contributed by atoms with E-state index >= 15 is 0 Å². The lowest BCUT2D eigenvalue weighted by Gasteiger charge is -2.19. The molecule has 2 N–H and O–H groups in total. The second-order valence-electron chi connectivity index (χ2n) is 5.09. The molecule has 0 saturated heterocycles. The highest BCUT2D eigenvalue weighted by molar-refractivity contribution is 5.78. The van der Waals surface area contributed by atoms with Crippen LogP contribution in [0, 0.1) is 5.92 Å². The maximum Gasteiger partial charge on any atom is 0.234 e. The van der Waals surface area contributed by atoms with Crippen LogP contribution in [-0.2, 0) is 9.59 Å². The summed E-state index contributed by atoms with van der Waals surface area (Å²) in [5.74, 6) is 0.540. The molecule has 1 unspecified atom stereocenters. The smallest absolute Gasteiger partial charge is 0.234 e. The second kappa shape index (κ2) is 9.78. The predicted octanol–water partition coefficient (Wildman–Crippen LogP) is 0.995. The van der Waals surface area contributed by atoms with Gasteiger partial charge < -0.3 is 15.5 Å². The van der Waals surface area contributed by atoms with Gasteiger partial charge >= 0.3 is 0 Å². The summed E-state index contributed by atoms with van der Waals surface area (Å²) in [6.45, 7) is 12.4. The van der Waals surface area contributed by atoms with Crippen LogP contribution < -0.4 is 10.6 Å². The molecule has 0 radical (unpaired) electrons. The van der Waals surface area contributed by atoms with E-state index < -0.39 is 0 Å². The molecule has 0 bridgehead atoms. The van der Waals surface area contributed by atoms with Crippen molar-refractivity contribution in [3.63, 3.8) is 0 Å². The summed E-state index contributed by atoms with van der Waals surface area (Å²) in [6, 6.07) is 0.173. The molecule has 0 aromatic rings. The van der Waals surface area contributed by atoms with E-state index in [2.05, 4.69) is 24.5 Å². The zero-order chi connectivity index (χ0) is 14.8. The summed E-state index contributed by atoms with van der Waals surface area (Å²) in [5, 5.41) is 5.92. The van der Waals surface area contributed by atoms with E-state index in [1.165, 1.54) is 0 Å². The summed E-state index contributed by atoms with van der Waals surface area (Å²) in [5.41, 5.74) is 0. The Hall–Kier alpha value is -1.10. The van der Waals surface area contributed by atoms with Crippen molar-refractivity contribution in [2.24, 2.45) is 5.92 Å². The molecule has 0 aliphatic rings. The van der Waals surface area contributed by atoms with Gasteiger partial charge in [0.1, 0.15) is 0 Å². The van der Waals surface area contributed by atoms with Gasteiger partial charge in [-0.05, 0) is 26.7 Å². The first-order chi connectivity index (χ1) is 8.92. The Bertz CT molecular complexity index is 276. The molecule has 5 nitrogen and oxygen atoms in total. The minimum Gasteiger partial charge on any atom is -0.352 e. The van der Waals surface area contributed by atoms with E-state index in [9.17, 15) is 9.59 Å². The molecule has 0 aliphatic carbocycles. The van der Waals surface area contributed by atoms with E-state index in [1.54, 1.807) is 4.90 Å². The molecule has 2 amide bonds. The normalized spacial score (nSPS) is 12.3. The topological polar surface area (TPSA) is 61.4 Å². The van der Waals surface area contributed by atoms with Crippen LogP contribution in [0.3, 0.4) is 0 Å². The van der Waals surface area contributed by atoms with E-state index in [-0.39, 0.29) is 24.4 Å². The Morgan fingerprint density at radius 2 is 1.68 bits per heavy atom. The number of nitrogens with zero attached hydrogens (tertiary/aromatic N) is 1. The molecule has 0 heterocycles. The van der Waals surface area contributed by atoms with E-state index in [4.69, 9.17) is 0 Å². The standard InChI is InChI=1S/C14H29N3O2/c1-6-17(7-2)14(19)8-9-15-10-13(18)16-12(5)11(3)4/h11-12,15H,6-10H2,1-5H3,(H,16,18). The van der Waals surface area contributed by atoms with Crippen molar-refractivity contribution < 1.29 is 9.59 Å². The number of carbonyl (C=O) groups excluding carboxylic acids is 2. The Kier molecular flexibility index (Phi) is 9.21. The molecule has 0 fully saturated rings. The lowest BCUT2D eigenvalue weighted by Crippen LogP contribution is -2.42. The molecular formula is C14H29N3O2. The first kappa shape index (κ1) is 17.9.